The summed E-state index contributed by atoms with van der Waals surface area (Å²) in [5.74, 6) is -0.217. The average Bonchev–Trinajstić information content (AvgIpc) is 2.17. The number of rotatable bonds is 3. The van der Waals surface area contributed by atoms with Crippen molar-refractivity contribution in [3.8, 4) is 0 Å². The highest BCUT2D eigenvalue weighted by atomic mass is 19.1. The number of aryl methyl sites for hydroxylation is 2. The molecule has 1 aromatic rings. The standard InChI is InChI=1S/C12H16F/c1-4-11-7-12(10(3)8-13)6-5-9(11)2/h5-7,10H,3-4,8H2,1-2H3. The van der Waals surface area contributed by atoms with E-state index in [0.717, 1.165) is 12.0 Å². The number of alkyl halides is 1. The molecule has 0 N–H and O–H groups in total. The van der Waals surface area contributed by atoms with Crippen LogP contribution in [0.2, 0.25) is 0 Å². The van der Waals surface area contributed by atoms with Crippen molar-refractivity contribution in [1.82, 2.24) is 0 Å². The van der Waals surface area contributed by atoms with Crippen LogP contribution in [0.3, 0.4) is 0 Å². The first kappa shape index (κ1) is 10.2. The first-order valence-electron chi connectivity index (χ1n) is 4.67. The number of benzene rings is 1. The van der Waals surface area contributed by atoms with Crippen LogP contribution < -0.4 is 0 Å². The van der Waals surface area contributed by atoms with Crippen molar-refractivity contribution in [2.24, 2.45) is 0 Å². The van der Waals surface area contributed by atoms with Gasteiger partial charge in [-0.25, -0.2) is 0 Å². The summed E-state index contributed by atoms with van der Waals surface area (Å²) in [6.45, 7) is 7.56. The van der Waals surface area contributed by atoms with E-state index >= 15 is 0 Å². The molecule has 0 aromatic heterocycles. The van der Waals surface area contributed by atoms with Crippen LogP contribution >= 0.6 is 0 Å². The molecule has 1 heteroatoms. The van der Waals surface area contributed by atoms with Crippen molar-refractivity contribution in [1.29, 1.82) is 0 Å². The molecule has 0 saturated heterocycles. The Labute approximate surface area is 79.8 Å². The van der Waals surface area contributed by atoms with Crippen LogP contribution in [0.4, 0.5) is 4.39 Å². The van der Waals surface area contributed by atoms with Crippen molar-refractivity contribution in [2.75, 3.05) is 6.67 Å². The van der Waals surface area contributed by atoms with Crippen LogP contribution in [0.25, 0.3) is 0 Å². The zero-order chi connectivity index (χ0) is 9.84. The molecule has 1 atom stereocenters. The first-order chi connectivity index (χ1) is 6.19. The van der Waals surface area contributed by atoms with E-state index in [1.807, 2.05) is 12.1 Å². The third-order valence-corrected chi connectivity index (χ3v) is 2.41. The summed E-state index contributed by atoms with van der Waals surface area (Å²) < 4.78 is 12.3. The molecule has 71 valence electrons. The van der Waals surface area contributed by atoms with Gasteiger partial charge < -0.3 is 0 Å². The average molecular weight is 179 g/mol. The van der Waals surface area contributed by atoms with Gasteiger partial charge >= 0.3 is 0 Å². The van der Waals surface area contributed by atoms with Crippen LogP contribution in [0.1, 0.15) is 29.5 Å². The highest BCUT2D eigenvalue weighted by molar-refractivity contribution is 5.33. The van der Waals surface area contributed by atoms with E-state index in [9.17, 15) is 4.39 Å². The fraction of sp³-hybridized carbons (Fsp3) is 0.417. The van der Waals surface area contributed by atoms with Gasteiger partial charge in [0.05, 0.1) is 6.67 Å². The highest BCUT2D eigenvalue weighted by Crippen LogP contribution is 2.19. The van der Waals surface area contributed by atoms with Gasteiger partial charge in [0, 0.05) is 5.92 Å². The zero-order valence-corrected chi connectivity index (χ0v) is 8.31. The summed E-state index contributed by atoms with van der Waals surface area (Å²) in [7, 11) is 0. The maximum Gasteiger partial charge on any atom is 0.0962 e. The Morgan fingerprint density at radius 3 is 2.69 bits per heavy atom. The van der Waals surface area contributed by atoms with E-state index in [1.165, 1.54) is 11.1 Å². The van der Waals surface area contributed by atoms with Crippen molar-refractivity contribution in [2.45, 2.75) is 26.2 Å². The summed E-state index contributed by atoms with van der Waals surface area (Å²) in [6, 6.07) is 6.07. The molecular formula is C12H16F. The molecule has 0 aliphatic carbocycles. The first-order valence-corrected chi connectivity index (χ1v) is 4.67. The predicted molar refractivity (Wildman–Crippen MR) is 54.6 cm³/mol. The lowest BCUT2D eigenvalue weighted by molar-refractivity contribution is 0.465. The Balaban J connectivity index is 2.99. The SMILES string of the molecule is [CH2]C(CF)c1ccc(C)c(CC)c1. The molecule has 0 heterocycles. The molecular weight excluding hydrogens is 163 g/mol. The summed E-state index contributed by atoms with van der Waals surface area (Å²) in [6.07, 6.45) is 0.999. The van der Waals surface area contributed by atoms with Gasteiger partial charge in [0.15, 0.2) is 0 Å². The third kappa shape index (κ3) is 2.30. The minimum atomic E-state index is -0.383. The molecule has 13 heavy (non-hydrogen) atoms. The molecule has 1 unspecified atom stereocenters. The Hall–Kier alpha value is -0.850. The van der Waals surface area contributed by atoms with Gasteiger partial charge in [-0.2, -0.15) is 0 Å². The second-order valence-corrected chi connectivity index (χ2v) is 3.39. The topological polar surface area (TPSA) is 0 Å². The number of hydrogen-bond donors (Lipinski definition) is 0. The van der Waals surface area contributed by atoms with Gasteiger partial charge in [0.25, 0.3) is 0 Å². The third-order valence-electron chi connectivity index (χ3n) is 2.41. The van der Waals surface area contributed by atoms with Crippen LogP contribution in [-0.4, -0.2) is 6.67 Å². The lowest BCUT2D eigenvalue weighted by atomic mass is 9.96. The van der Waals surface area contributed by atoms with Crippen molar-refractivity contribution < 1.29 is 4.39 Å². The fourth-order valence-electron chi connectivity index (χ4n) is 1.42. The van der Waals surface area contributed by atoms with Crippen molar-refractivity contribution >= 4 is 0 Å². The quantitative estimate of drug-likeness (QED) is 0.666. The van der Waals surface area contributed by atoms with Gasteiger partial charge in [0.2, 0.25) is 0 Å². The van der Waals surface area contributed by atoms with E-state index < -0.39 is 0 Å². The summed E-state index contributed by atoms with van der Waals surface area (Å²) in [5, 5.41) is 0. The predicted octanol–water partition coefficient (Wildman–Crippen LogP) is 3.44. The van der Waals surface area contributed by atoms with Crippen LogP contribution in [0, 0.1) is 13.8 Å². The van der Waals surface area contributed by atoms with Gasteiger partial charge in [-0.15, -0.1) is 0 Å². The molecule has 0 aliphatic heterocycles. The monoisotopic (exact) mass is 179 g/mol. The number of hydrogen-bond acceptors (Lipinski definition) is 0. The minimum Gasteiger partial charge on any atom is -0.250 e. The second-order valence-electron chi connectivity index (χ2n) is 3.39. The molecule has 0 nitrogen and oxygen atoms in total. The zero-order valence-electron chi connectivity index (χ0n) is 8.31. The van der Waals surface area contributed by atoms with Gasteiger partial charge in [0.1, 0.15) is 0 Å². The summed E-state index contributed by atoms with van der Waals surface area (Å²) in [5.41, 5.74) is 3.57. The van der Waals surface area contributed by atoms with Crippen LogP contribution in [-0.2, 0) is 6.42 Å². The van der Waals surface area contributed by atoms with E-state index in [0.29, 0.717) is 0 Å². The normalized spacial score (nSPS) is 12.9. The summed E-state index contributed by atoms with van der Waals surface area (Å²) in [4.78, 5) is 0. The lowest BCUT2D eigenvalue weighted by Gasteiger charge is -2.10. The minimum absolute atomic E-state index is 0.217. The van der Waals surface area contributed by atoms with Crippen LogP contribution in [0.5, 0.6) is 0 Å². The molecule has 1 radical (unpaired) electrons. The van der Waals surface area contributed by atoms with Crippen LogP contribution in [0.15, 0.2) is 18.2 Å². The van der Waals surface area contributed by atoms with Gasteiger partial charge in [-0.3, -0.25) is 4.39 Å². The highest BCUT2D eigenvalue weighted by Gasteiger charge is 2.06. The Morgan fingerprint density at radius 2 is 2.15 bits per heavy atom. The molecule has 0 aliphatic rings. The molecule has 0 saturated carbocycles. The second kappa shape index (κ2) is 4.40. The Kier molecular flexibility index (Phi) is 3.47. The molecule has 0 fully saturated rings. The van der Waals surface area contributed by atoms with Crippen molar-refractivity contribution in [3.05, 3.63) is 41.8 Å². The Morgan fingerprint density at radius 1 is 1.46 bits per heavy atom. The maximum absolute atomic E-state index is 12.3. The van der Waals surface area contributed by atoms with Gasteiger partial charge in [-0.1, -0.05) is 25.1 Å². The van der Waals surface area contributed by atoms with E-state index in [4.69, 9.17) is 0 Å². The molecule has 0 bridgehead atoms. The van der Waals surface area contributed by atoms with Gasteiger partial charge in [-0.05, 0) is 37.0 Å². The molecule has 1 rings (SSSR count). The van der Waals surface area contributed by atoms with Crippen molar-refractivity contribution in [3.63, 3.8) is 0 Å². The van der Waals surface area contributed by atoms with E-state index in [-0.39, 0.29) is 12.6 Å². The maximum atomic E-state index is 12.3. The fourth-order valence-corrected chi connectivity index (χ4v) is 1.42. The van der Waals surface area contributed by atoms with E-state index in [1.54, 1.807) is 0 Å². The Bertz CT molecular complexity index is 278. The summed E-state index contributed by atoms with van der Waals surface area (Å²) >= 11 is 0. The smallest absolute Gasteiger partial charge is 0.0962 e. The molecule has 0 amide bonds. The van der Waals surface area contributed by atoms with E-state index in [2.05, 4.69) is 26.8 Å². The lowest BCUT2D eigenvalue weighted by Crippen LogP contribution is -1.98. The molecule has 1 aromatic carbocycles. The molecule has 0 spiro atoms. The number of halogens is 1. The largest absolute Gasteiger partial charge is 0.250 e.